The number of hydrogen-bond donors (Lipinski definition) is 3. The average Bonchev–Trinajstić information content (AvgIpc) is 3.58. The Morgan fingerprint density at radius 2 is 0.568 bits per heavy atom. The minimum atomic E-state index is -0.841. The van der Waals surface area contributed by atoms with Crippen molar-refractivity contribution < 1.29 is 24.5 Å². The first-order valence-electron chi connectivity index (χ1n) is 40.3. The van der Waals surface area contributed by atoms with Crippen LogP contribution in [0, 0.1) is 0 Å². The zero-order valence-corrected chi connectivity index (χ0v) is 59.7. The maximum absolute atomic E-state index is 12.5. The van der Waals surface area contributed by atoms with Gasteiger partial charge >= 0.3 is 5.97 Å². The highest BCUT2D eigenvalue weighted by Gasteiger charge is 2.18. The van der Waals surface area contributed by atoms with Crippen LogP contribution in [0.5, 0.6) is 0 Å². The van der Waals surface area contributed by atoms with E-state index in [1.165, 1.54) is 379 Å². The third-order valence-electron chi connectivity index (χ3n) is 18.9. The molecule has 0 aliphatic carbocycles. The van der Waals surface area contributed by atoms with Gasteiger partial charge in [0.05, 0.1) is 25.4 Å². The molecule has 88 heavy (non-hydrogen) atoms. The number of carbonyl (C=O) groups excluding carboxylic acids is 2. The summed E-state index contributed by atoms with van der Waals surface area (Å²) in [7, 11) is 0. The molecule has 3 N–H and O–H groups in total. The van der Waals surface area contributed by atoms with Crippen LogP contribution in [0.4, 0.5) is 0 Å². The topological polar surface area (TPSA) is 95.9 Å². The van der Waals surface area contributed by atoms with Crippen molar-refractivity contribution in [2.24, 2.45) is 0 Å². The lowest BCUT2D eigenvalue weighted by Crippen LogP contribution is -2.45. The van der Waals surface area contributed by atoms with Crippen molar-refractivity contribution in [2.45, 2.75) is 463 Å². The molecule has 520 valence electrons. The average molecular weight is 1240 g/mol. The fourth-order valence-corrected chi connectivity index (χ4v) is 12.8. The van der Waals surface area contributed by atoms with Crippen molar-refractivity contribution in [3.8, 4) is 0 Å². The Morgan fingerprint density at radius 1 is 0.318 bits per heavy atom. The number of ether oxygens (including phenoxy) is 1. The maximum Gasteiger partial charge on any atom is 0.305 e. The van der Waals surface area contributed by atoms with E-state index < -0.39 is 12.1 Å². The largest absolute Gasteiger partial charge is 0.466 e. The smallest absolute Gasteiger partial charge is 0.305 e. The normalized spacial score (nSPS) is 12.6. The van der Waals surface area contributed by atoms with E-state index in [-0.39, 0.29) is 18.5 Å². The standard InChI is InChI=1S/C82H157NO5/c1-3-5-7-9-11-13-15-17-19-21-39-44-48-52-56-60-64-68-72-76-82(87)88-77-73-69-65-61-57-53-49-45-41-38-36-34-32-30-28-26-24-22-23-25-27-29-31-33-35-37-40-43-47-51-55-59-63-67-71-75-81(86)83-79(78-84)80(85)74-70-66-62-58-54-50-46-42-20-18-16-14-12-10-8-6-4-2/h11,13,17,19,70,74,79-80,84-85H,3-10,12,14-16,18,20-69,71-73,75-78H2,1-2H3,(H,83,86)/b13-11-,19-17-,74-70+. The van der Waals surface area contributed by atoms with Crippen molar-refractivity contribution in [3.05, 3.63) is 36.5 Å². The molecule has 0 aromatic rings. The fourth-order valence-electron chi connectivity index (χ4n) is 12.8. The molecule has 2 unspecified atom stereocenters. The van der Waals surface area contributed by atoms with E-state index >= 15 is 0 Å². The van der Waals surface area contributed by atoms with E-state index in [1.807, 2.05) is 6.08 Å². The fraction of sp³-hybridized carbons (Fsp3) is 0.902. The summed E-state index contributed by atoms with van der Waals surface area (Å²) in [4.78, 5) is 24.6. The van der Waals surface area contributed by atoms with Gasteiger partial charge in [0.25, 0.3) is 0 Å². The van der Waals surface area contributed by atoms with Crippen LogP contribution < -0.4 is 5.32 Å². The molecule has 6 heteroatoms. The quantitative estimate of drug-likeness (QED) is 0.0320. The molecule has 0 saturated carbocycles. The molecule has 0 aliphatic rings. The molecule has 2 atom stereocenters. The molecule has 0 aliphatic heterocycles. The monoisotopic (exact) mass is 1240 g/mol. The number of carbonyl (C=O) groups is 2. The van der Waals surface area contributed by atoms with E-state index in [0.29, 0.717) is 19.4 Å². The Labute approximate surface area is 551 Å². The van der Waals surface area contributed by atoms with Gasteiger partial charge in [-0.3, -0.25) is 9.59 Å². The molecule has 0 heterocycles. The number of allylic oxidation sites excluding steroid dienone is 5. The van der Waals surface area contributed by atoms with Crippen molar-refractivity contribution >= 4 is 11.9 Å². The van der Waals surface area contributed by atoms with Crippen molar-refractivity contribution in [1.29, 1.82) is 0 Å². The lowest BCUT2D eigenvalue weighted by molar-refractivity contribution is -0.143. The number of rotatable bonds is 76. The highest BCUT2D eigenvalue weighted by Crippen LogP contribution is 2.20. The second-order valence-electron chi connectivity index (χ2n) is 27.8. The molecular weight excluding hydrogens is 1080 g/mol. The first-order chi connectivity index (χ1) is 43.5. The van der Waals surface area contributed by atoms with Gasteiger partial charge in [-0.05, 0) is 64.2 Å². The van der Waals surface area contributed by atoms with Gasteiger partial charge in [0.2, 0.25) is 5.91 Å². The third kappa shape index (κ3) is 73.1. The van der Waals surface area contributed by atoms with Crippen LogP contribution in [0.3, 0.4) is 0 Å². The summed E-state index contributed by atoms with van der Waals surface area (Å²) in [5.41, 5.74) is 0. The molecule has 1 amide bonds. The number of aliphatic hydroxyl groups is 2. The summed E-state index contributed by atoms with van der Waals surface area (Å²) < 4.78 is 5.52. The number of aliphatic hydroxyl groups excluding tert-OH is 2. The van der Waals surface area contributed by atoms with Gasteiger partial charge < -0.3 is 20.3 Å². The molecule has 0 fully saturated rings. The molecule has 0 radical (unpaired) electrons. The highest BCUT2D eigenvalue weighted by atomic mass is 16.5. The van der Waals surface area contributed by atoms with Gasteiger partial charge in [0.1, 0.15) is 0 Å². The van der Waals surface area contributed by atoms with Crippen molar-refractivity contribution in [3.63, 3.8) is 0 Å². The summed E-state index contributed by atoms with van der Waals surface area (Å²) in [6, 6.07) is -0.624. The minimum Gasteiger partial charge on any atom is -0.466 e. The van der Waals surface area contributed by atoms with Gasteiger partial charge in [0.15, 0.2) is 0 Å². The molecule has 6 nitrogen and oxygen atoms in total. The Bertz CT molecular complexity index is 1430. The number of unbranched alkanes of at least 4 members (excludes halogenated alkanes) is 61. The van der Waals surface area contributed by atoms with Crippen LogP contribution in [-0.4, -0.2) is 47.4 Å². The van der Waals surface area contributed by atoms with E-state index in [1.54, 1.807) is 6.08 Å². The molecule has 0 aromatic carbocycles. The molecular formula is C82H157NO5. The van der Waals surface area contributed by atoms with Gasteiger partial charge in [-0.2, -0.15) is 0 Å². The van der Waals surface area contributed by atoms with Crippen molar-refractivity contribution in [2.75, 3.05) is 13.2 Å². The van der Waals surface area contributed by atoms with E-state index in [4.69, 9.17) is 4.74 Å². The SMILES string of the molecule is CCCCC/C=C\C/C=C\CCCCCCCCCCCC(=O)OCCCCCCCCCCCCCCCCCCCCCCCCCCCCCCCCCCCCCC(=O)NC(CO)C(O)/C=C/CCCCCCCCCCCCCCCCC. The van der Waals surface area contributed by atoms with Crippen LogP contribution in [0.2, 0.25) is 0 Å². The summed E-state index contributed by atoms with van der Waals surface area (Å²) in [6.07, 6.45) is 101. The summed E-state index contributed by atoms with van der Waals surface area (Å²) in [5.74, 6) is -0.0397. The second kappa shape index (κ2) is 77.5. The third-order valence-corrected chi connectivity index (χ3v) is 18.9. The Hall–Kier alpha value is -1.92. The molecule has 0 spiro atoms. The van der Waals surface area contributed by atoms with Crippen LogP contribution in [0.25, 0.3) is 0 Å². The highest BCUT2D eigenvalue weighted by molar-refractivity contribution is 5.76. The Balaban J connectivity index is 3.31. The summed E-state index contributed by atoms with van der Waals surface area (Å²) in [6.45, 7) is 4.92. The maximum atomic E-state index is 12.5. The number of nitrogens with one attached hydrogen (secondary N) is 1. The van der Waals surface area contributed by atoms with Gasteiger partial charge in [-0.25, -0.2) is 0 Å². The summed E-state index contributed by atoms with van der Waals surface area (Å²) >= 11 is 0. The zero-order chi connectivity index (χ0) is 63.5. The molecule has 0 bridgehead atoms. The lowest BCUT2D eigenvalue weighted by atomic mass is 10.0. The predicted molar refractivity (Wildman–Crippen MR) is 389 cm³/mol. The minimum absolute atomic E-state index is 0.0193. The summed E-state index contributed by atoms with van der Waals surface area (Å²) in [5, 5.41) is 23.2. The second-order valence-corrected chi connectivity index (χ2v) is 27.8. The first kappa shape index (κ1) is 86.1. The zero-order valence-electron chi connectivity index (χ0n) is 59.7. The van der Waals surface area contributed by atoms with Crippen LogP contribution in [0.1, 0.15) is 450 Å². The van der Waals surface area contributed by atoms with Gasteiger partial charge in [-0.15, -0.1) is 0 Å². The van der Waals surface area contributed by atoms with E-state index in [0.717, 1.165) is 44.9 Å². The van der Waals surface area contributed by atoms with Gasteiger partial charge in [-0.1, -0.05) is 410 Å². The Kier molecular flexibility index (Phi) is 75.8. The number of hydrogen-bond acceptors (Lipinski definition) is 5. The predicted octanol–water partition coefficient (Wildman–Crippen LogP) is 26.6. The van der Waals surface area contributed by atoms with Crippen LogP contribution >= 0.6 is 0 Å². The lowest BCUT2D eigenvalue weighted by Gasteiger charge is -2.20. The first-order valence-corrected chi connectivity index (χ1v) is 40.3. The number of esters is 1. The molecule has 0 rings (SSSR count). The van der Waals surface area contributed by atoms with E-state index in [2.05, 4.69) is 43.5 Å². The van der Waals surface area contributed by atoms with E-state index in [9.17, 15) is 19.8 Å². The van der Waals surface area contributed by atoms with Crippen LogP contribution in [-0.2, 0) is 14.3 Å². The molecule has 0 saturated heterocycles. The number of amides is 1. The van der Waals surface area contributed by atoms with Gasteiger partial charge in [0, 0.05) is 12.8 Å². The Morgan fingerprint density at radius 3 is 0.886 bits per heavy atom. The molecule has 0 aromatic heterocycles. The van der Waals surface area contributed by atoms with Crippen molar-refractivity contribution in [1.82, 2.24) is 5.32 Å². The van der Waals surface area contributed by atoms with Crippen LogP contribution in [0.15, 0.2) is 36.5 Å².